The molecule has 7 heteroatoms. The molecule has 1 unspecified atom stereocenters. The minimum absolute atomic E-state index is 0.122. The Balaban J connectivity index is 1.62. The fourth-order valence-corrected chi connectivity index (χ4v) is 4.88. The third-order valence-corrected chi connectivity index (χ3v) is 6.49. The molecule has 1 atom stereocenters. The summed E-state index contributed by atoms with van der Waals surface area (Å²) >= 11 is 0. The smallest absolute Gasteiger partial charge is 0.207 e. The van der Waals surface area contributed by atoms with Crippen LogP contribution >= 0.6 is 0 Å². The van der Waals surface area contributed by atoms with Gasteiger partial charge in [-0.2, -0.15) is 0 Å². The minimum Gasteiger partial charge on any atom is -0.487 e. The number of nitrogens with one attached hydrogen (secondary N) is 2. The molecule has 1 aromatic heterocycles. The summed E-state index contributed by atoms with van der Waals surface area (Å²) in [4.78, 5) is 7.46. The first-order chi connectivity index (χ1) is 15.5. The van der Waals surface area contributed by atoms with Gasteiger partial charge >= 0.3 is 0 Å². The van der Waals surface area contributed by atoms with E-state index in [0.29, 0.717) is 17.7 Å². The molecule has 3 aromatic rings. The van der Waals surface area contributed by atoms with E-state index in [1.165, 1.54) is 0 Å². The maximum atomic E-state index is 14.3. The number of aryl methyl sites for hydroxylation is 3. The summed E-state index contributed by atoms with van der Waals surface area (Å²) < 4.78 is 22.9. The van der Waals surface area contributed by atoms with Gasteiger partial charge in [-0.05, 0) is 68.1 Å². The molecule has 5 rings (SSSR count). The Kier molecular flexibility index (Phi) is 5.78. The van der Waals surface area contributed by atoms with E-state index < -0.39 is 0 Å². The van der Waals surface area contributed by atoms with E-state index in [1.807, 2.05) is 26.0 Å². The lowest BCUT2D eigenvalue weighted by Gasteiger charge is -2.29. The molecule has 170 valence electrons. The van der Waals surface area contributed by atoms with Crippen LogP contribution in [0, 0.1) is 26.6 Å². The van der Waals surface area contributed by atoms with Gasteiger partial charge in [0.2, 0.25) is 5.95 Å². The van der Waals surface area contributed by atoms with Crippen LogP contribution in [0.25, 0.3) is 11.0 Å². The van der Waals surface area contributed by atoms with E-state index in [9.17, 15) is 4.39 Å². The number of nitrogens with zero attached hydrogens (tertiary/aromatic N) is 3. The van der Waals surface area contributed by atoms with Crippen LogP contribution in [0.2, 0.25) is 0 Å². The van der Waals surface area contributed by atoms with Crippen molar-refractivity contribution in [2.45, 2.75) is 39.8 Å². The van der Waals surface area contributed by atoms with Gasteiger partial charge in [-0.15, -0.1) is 0 Å². The van der Waals surface area contributed by atoms with Crippen LogP contribution in [0.1, 0.15) is 28.7 Å². The highest BCUT2D eigenvalue weighted by Gasteiger charge is 2.24. The third kappa shape index (κ3) is 4.07. The van der Waals surface area contributed by atoms with Gasteiger partial charge in [-0.25, -0.2) is 9.37 Å². The largest absolute Gasteiger partial charge is 0.487 e. The molecule has 6 nitrogen and oxygen atoms in total. The Morgan fingerprint density at radius 3 is 2.47 bits per heavy atom. The standard InChI is InChI=1S/C25H32FN5O/c1-16-10-21-24(22(11-16)32-20-4-5-28-14-20)29-25(30-8-6-27-7-9-30)31(21)15-19-12-17(2)23(26)18(3)13-19/h10-13,20,27-28H,4-9,14-15H2,1-3H3. The van der Waals surface area contributed by atoms with Crippen LogP contribution in [-0.2, 0) is 6.54 Å². The lowest BCUT2D eigenvalue weighted by molar-refractivity contribution is 0.225. The van der Waals surface area contributed by atoms with Gasteiger partial charge < -0.3 is 24.8 Å². The highest BCUT2D eigenvalue weighted by Crippen LogP contribution is 2.33. The van der Waals surface area contributed by atoms with Gasteiger partial charge in [0, 0.05) is 32.7 Å². The zero-order chi connectivity index (χ0) is 22.2. The Morgan fingerprint density at radius 2 is 1.78 bits per heavy atom. The average Bonchev–Trinajstić information content (AvgIpc) is 3.41. The molecule has 2 N–H and O–H groups in total. The fourth-order valence-electron chi connectivity index (χ4n) is 4.88. The molecule has 0 amide bonds. The number of hydrogen-bond acceptors (Lipinski definition) is 5. The van der Waals surface area contributed by atoms with Crippen LogP contribution in [0.15, 0.2) is 24.3 Å². The van der Waals surface area contributed by atoms with Crippen LogP contribution in [0.4, 0.5) is 10.3 Å². The zero-order valence-corrected chi connectivity index (χ0v) is 19.2. The first-order valence-corrected chi connectivity index (χ1v) is 11.6. The fraction of sp³-hybridized carbons (Fsp3) is 0.480. The van der Waals surface area contributed by atoms with Crippen molar-refractivity contribution in [1.29, 1.82) is 0 Å². The van der Waals surface area contributed by atoms with Crippen LogP contribution < -0.4 is 20.3 Å². The van der Waals surface area contributed by atoms with Crippen molar-refractivity contribution < 1.29 is 9.13 Å². The molecule has 2 aliphatic heterocycles. The molecule has 2 saturated heterocycles. The highest BCUT2D eigenvalue weighted by atomic mass is 19.1. The summed E-state index contributed by atoms with van der Waals surface area (Å²) in [6.07, 6.45) is 1.18. The summed E-state index contributed by atoms with van der Waals surface area (Å²) in [5.41, 5.74) is 5.58. The molecule has 0 radical (unpaired) electrons. The van der Waals surface area contributed by atoms with Crippen molar-refractivity contribution in [2.75, 3.05) is 44.2 Å². The van der Waals surface area contributed by atoms with Gasteiger partial charge in [0.1, 0.15) is 23.2 Å². The Hall–Kier alpha value is -2.64. The normalized spacial score (nSPS) is 19.1. The lowest BCUT2D eigenvalue weighted by atomic mass is 10.1. The maximum absolute atomic E-state index is 14.3. The van der Waals surface area contributed by atoms with Gasteiger partial charge in [-0.3, -0.25) is 0 Å². The lowest BCUT2D eigenvalue weighted by Crippen LogP contribution is -2.44. The monoisotopic (exact) mass is 437 g/mol. The summed E-state index contributed by atoms with van der Waals surface area (Å²) in [6, 6.07) is 8.20. The van der Waals surface area contributed by atoms with Crippen molar-refractivity contribution in [3.05, 3.63) is 52.3 Å². The summed E-state index contributed by atoms with van der Waals surface area (Å²) in [5.74, 6) is 1.69. The predicted molar refractivity (Wildman–Crippen MR) is 126 cm³/mol. The Labute approximate surface area is 188 Å². The molecule has 0 bridgehead atoms. The maximum Gasteiger partial charge on any atom is 0.207 e. The van der Waals surface area contributed by atoms with Crippen LogP contribution in [0.3, 0.4) is 0 Å². The van der Waals surface area contributed by atoms with Crippen molar-refractivity contribution in [3.63, 3.8) is 0 Å². The molecule has 0 saturated carbocycles. The zero-order valence-electron chi connectivity index (χ0n) is 19.2. The summed E-state index contributed by atoms with van der Waals surface area (Å²) in [6.45, 7) is 12.0. The number of hydrogen-bond donors (Lipinski definition) is 2. The molecule has 0 aliphatic carbocycles. The number of halogens is 1. The second kappa shape index (κ2) is 8.71. The number of piperazine rings is 1. The molecule has 2 fully saturated rings. The topological polar surface area (TPSA) is 54.4 Å². The van der Waals surface area contributed by atoms with Crippen molar-refractivity contribution in [2.24, 2.45) is 0 Å². The Morgan fingerprint density at radius 1 is 1.03 bits per heavy atom. The SMILES string of the molecule is Cc1cc(OC2CCNC2)c2nc(N3CCNCC3)n(Cc3cc(C)c(F)c(C)c3)c2c1. The number of aromatic nitrogens is 2. The number of anilines is 1. The number of imidazole rings is 1. The number of fused-ring (bicyclic) bond motifs is 1. The molecular formula is C25H32FN5O. The molecule has 0 spiro atoms. The summed E-state index contributed by atoms with van der Waals surface area (Å²) in [7, 11) is 0. The van der Waals surface area contributed by atoms with Crippen molar-refractivity contribution in [1.82, 2.24) is 20.2 Å². The molecular weight excluding hydrogens is 405 g/mol. The summed E-state index contributed by atoms with van der Waals surface area (Å²) in [5, 5.41) is 6.80. The molecule has 3 heterocycles. The third-order valence-electron chi connectivity index (χ3n) is 6.49. The van der Waals surface area contributed by atoms with E-state index in [1.54, 1.807) is 0 Å². The van der Waals surface area contributed by atoms with Gasteiger partial charge in [0.15, 0.2) is 0 Å². The quantitative estimate of drug-likeness (QED) is 0.642. The minimum atomic E-state index is -0.122. The van der Waals surface area contributed by atoms with E-state index in [2.05, 4.69) is 39.2 Å². The van der Waals surface area contributed by atoms with Gasteiger partial charge in [-0.1, -0.05) is 12.1 Å². The first kappa shape index (κ1) is 21.2. The second-order valence-corrected chi connectivity index (χ2v) is 9.14. The Bertz CT molecular complexity index is 1110. The number of ether oxygens (including phenoxy) is 1. The molecule has 2 aromatic carbocycles. The van der Waals surface area contributed by atoms with E-state index in [-0.39, 0.29) is 11.9 Å². The van der Waals surface area contributed by atoms with Crippen LogP contribution in [-0.4, -0.2) is 54.9 Å². The van der Waals surface area contributed by atoms with Gasteiger partial charge in [0.25, 0.3) is 0 Å². The van der Waals surface area contributed by atoms with Crippen molar-refractivity contribution >= 4 is 17.0 Å². The van der Waals surface area contributed by atoms with E-state index >= 15 is 0 Å². The molecule has 32 heavy (non-hydrogen) atoms. The second-order valence-electron chi connectivity index (χ2n) is 9.14. The van der Waals surface area contributed by atoms with Crippen molar-refractivity contribution in [3.8, 4) is 5.75 Å². The highest BCUT2D eigenvalue weighted by molar-refractivity contribution is 5.86. The first-order valence-electron chi connectivity index (χ1n) is 11.6. The van der Waals surface area contributed by atoms with E-state index in [0.717, 1.165) is 79.5 Å². The van der Waals surface area contributed by atoms with Gasteiger partial charge in [0.05, 0.1) is 12.1 Å². The molecule has 2 aliphatic rings. The van der Waals surface area contributed by atoms with E-state index in [4.69, 9.17) is 9.72 Å². The average molecular weight is 438 g/mol. The number of rotatable bonds is 5. The number of benzene rings is 2. The predicted octanol–water partition coefficient (Wildman–Crippen LogP) is 3.30. The van der Waals surface area contributed by atoms with Crippen LogP contribution in [0.5, 0.6) is 5.75 Å².